The number of aliphatic hydroxyl groups excluding tert-OH is 1. The number of aliphatic hydroxyl groups is 1. The molecule has 0 aromatic heterocycles. The Morgan fingerprint density at radius 2 is 1.69 bits per heavy atom. The lowest BCUT2D eigenvalue weighted by atomic mass is 10.1. The molecule has 1 fully saturated rings. The number of rotatable bonds is 11. The summed E-state index contributed by atoms with van der Waals surface area (Å²) in [7, 11) is 0. The average Bonchev–Trinajstić information content (AvgIpc) is 2.79. The molecule has 0 radical (unpaired) electrons. The smallest absolute Gasteiger partial charge is 0.238 e. The summed E-state index contributed by atoms with van der Waals surface area (Å²) in [6, 6.07) is 16.6. The van der Waals surface area contributed by atoms with Gasteiger partial charge in [0.15, 0.2) is 0 Å². The van der Waals surface area contributed by atoms with E-state index in [4.69, 9.17) is 0 Å². The zero-order valence-corrected chi connectivity index (χ0v) is 20.2. The van der Waals surface area contributed by atoms with E-state index >= 15 is 0 Å². The lowest BCUT2D eigenvalue weighted by Gasteiger charge is -2.35. The maximum absolute atomic E-state index is 12.4. The van der Waals surface area contributed by atoms with Crippen molar-refractivity contribution in [1.82, 2.24) is 9.80 Å². The number of aryl methyl sites for hydroxylation is 2. The molecule has 1 aliphatic rings. The standard InChI is InChI=1S/C26H37N3O2S/c1-3-4-5-22-8-10-23(11-9-22)27-26(31)19-29-16-14-28(15-17-29)18-24(30)20-32-25-12-6-21(2)7-13-25/h6-13,24,30H,3-5,14-20H2,1-2H3,(H,27,31). The van der Waals surface area contributed by atoms with Crippen molar-refractivity contribution in [3.05, 3.63) is 59.7 Å². The van der Waals surface area contributed by atoms with Crippen LogP contribution in [0.15, 0.2) is 53.4 Å². The first kappa shape index (κ1) is 24.8. The van der Waals surface area contributed by atoms with Crippen LogP contribution in [0.3, 0.4) is 0 Å². The van der Waals surface area contributed by atoms with Gasteiger partial charge < -0.3 is 10.4 Å². The normalized spacial score (nSPS) is 16.1. The van der Waals surface area contributed by atoms with E-state index in [0.29, 0.717) is 18.8 Å². The number of nitrogens with one attached hydrogen (secondary N) is 1. The number of amides is 1. The predicted molar refractivity (Wildman–Crippen MR) is 134 cm³/mol. The fraction of sp³-hybridized carbons (Fsp3) is 0.500. The summed E-state index contributed by atoms with van der Waals surface area (Å²) in [4.78, 5) is 18.1. The van der Waals surface area contributed by atoms with Crippen LogP contribution < -0.4 is 5.32 Å². The first-order chi connectivity index (χ1) is 15.5. The van der Waals surface area contributed by atoms with Crippen LogP contribution in [0.5, 0.6) is 0 Å². The third kappa shape index (κ3) is 8.58. The molecule has 1 amide bonds. The summed E-state index contributed by atoms with van der Waals surface area (Å²) in [5.74, 6) is 0.734. The van der Waals surface area contributed by atoms with Gasteiger partial charge in [-0.3, -0.25) is 14.6 Å². The van der Waals surface area contributed by atoms with E-state index in [1.807, 2.05) is 12.1 Å². The van der Waals surface area contributed by atoms with Crippen LogP contribution in [0.2, 0.25) is 0 Å². The summed E-state index contributed by atoms with van der Waals surface area (Å²) >= 11 is 1.70. The Bertz CT molecular complexity index is 818. The highest BCUT2D eigenvalue weighted by molar-refractivity contribution is 7.99. The second-order valence-corrected chi connectivity index (χ2v) is 9.80. The highest BCUT2D eigenvalue weighted by atomic mass is 32.2. The lowest BCUT2D eigenvalue weighted by Crippen LogP contribution is -2.50. The van der Waals surface area contributed by atoms with E-state index in [-0.39, 0.29) is 12.0 Å². The molecule has 3 rings (SSSR count). The molecule has 5 nitrogen and oxygen atoms in total. The molecule has 0 aliphatic carbocycles. The molecule has 2 aromatic carbocycles. The topological polar surface area (TPSA) is 55.8 Å². The minimum absolute atomic E-state index is 0.0364. The maximum atomic E-state index is 12.4. The molecule has 1 unspecified atom stereocenters. The molecule has 1 heterocycles. The summed E-state index contributed by atoms with van der Waals surface area (Å²) < 4.78 is 0. The predicted octanol–water partition coefficient (Wildman–Crippen LogP) is 4.05. The molecule has 32 heavy (non-hydrogen) atoms. The Morgan fingerprint density at radius 3 is 2.34 bits per heavy atom. The second kappa shape index (κ2) is 13.0. The van der Waals surface area contributed by atoms with Crippen LogP contribution in [0.4, 0.5) is 5.69 Å². The molecule has 1 atom stereocenters. The van der Waals surface area contributed by atoms with E-state index in [0.717, 1.165) is 38.3 Å². The number of β-amino-alcohol motifs (C(OH)–C–C–N with tert-alkyl or cyclic N) is 1. The molecule has 6 heteroatoms. The molecular weight excluding hydrogens is 418 g/mol. The largest absolute Gasteiger partial charge is 0.391 e. The highest BCUT2D eigenvalue weighted by Crippen LogP contribution is 2.19. The van der Waals surface area contributed by atoms with Gasteiger partial charge in [-0.25, -0.2) is 0 Å². The lowest BCUT2D eigenvalue weighted by molar-refractivity contribution is -0.117. The van der Waals surface area contributed by atoms with E-state index < -0.39 is 0 Å². The molecule has 0 spiro atoms. The van der Waals surface area contributed by atoms with Crippen LogP contribution in [0.25, 0.3) is 0 Å². The van der Waals surface area contributed by atoms with E-state index in [1.54, 1.807) is 11.8 Å². The van der Waals surface area contributed by atoms with Gasteiger partial charge in [0, 0.05) is 49.1 Å². The van der Waals surface area contributed by atoms with Crippen LogP contribution in [-0.4, -0.2) is 71.9 Å². The van der Waals surface area contributed by atoms with Crippen molar-refractivity contribution >= 4 is 23.4 Å². The molecule has 0 saturated carbocycles. The summed E-state index contributed by atoms with van der Waals surface area (Å²) in [6.07, 6.45) is 3.13. The number of thioether (sulfide) groups is 1. The number of carbonyl (C=O) groups is 1. The van der Waals surface area contributed by atoms with Crippen LogP contribution in [-0.2, 0) is 11.2 Å². The Hall–Kier alpha value is -1.86. The fourth-order valence-corrected chi connectivity index (χ4v) is 4.67. The van der Waals surface area contributed by atoms with Gasteiger partial charge in [-0.1, -0.05) is 43.2 Å². The molecule has 1 aliphatic heterocycles. The quantitative estimate of drug-likeness (QED) is 0.501. The molecule has 0 bridgehead atoms. The van der Waals surface area contributed by atoms with Gasteiger partial charge in [0.1, 0.15) is 0 Å². The summed E-state index contributed by atoms with van der Waals surface area (Å²) in [5, 5.41) is 13.4. The SMILES string of the molecule is CCCCc1ccc(NC(=O)CN2CCN(CC(O)CSc3ccc(C)cc3)CC2)cc1. The van der Waals surface area contributed by atoms with E-state index in [1.165, 1.54) is 28.9 Å². The summed E-state index contributed by atoms with van der Waals surface area (Å²) in [6.45, 7) is 8.83. The first-order valence-electron chi connectivity index (χ1n) is 11.7. The number of carbonyl (C=O) groups excluding carboxylic acids is 1. The van der Waals surface area contributed by atoms with Gasteiger partial charge in [-0.05, 0) is 49.6 Å². The minimum atomic E-state index is -0.351. The van der Waals surface area contributed by atoms with Crippen molar-refractivity contribution in [2.75, 3.05) is 50.3 Å². The van der Waals surface area contributed by atoms with Crippen molar-refractivity contribution in [2.24, 2.45) is 0 Å². The minimum Gasteiger partial charge on any atom is -0.391 e. The molecule has 1 saturated heterocycles. The number of unbranched alkanes of at least 4 members (excludes halogenated alkanes) is 1. The third-order valence-corrected chi connectivity index (χ3v) is 6.98. The average molecular weight is 456 g/mol. The number of anilines is 1. The molecular formula is C26H37N3O2S. The van der Waals surface area contributed by atoms with Gasteiger partial charge >= 0.3 is 0 Å². The maximum Gasteiger partial charge on any atom is 0.238 e. The first-order valence-corrected chi connectivity index (χ1v) is 12.7. The zero-order chi connectivity index (χ0) is 22.8. The van der Waals surface area contributed by atoms with Crippen molar-refractivity contribution in [2.45, 2.75) is 44.1 Å². The zero-order valence-electron chi connectivity index (χ0n) is 19.4. The van der Waals surface area contributed by atoms with Crippen molar-refractivity contribution in [3.8, 4) is 0 Å². The van der Waals surface area contributed by atoms with Gasteiger partial charge in [-0.15, -0.1) is 11.8 Å². The Labute approximate surface area is 197 Å². The number of nitrogens with zero attached hydrogens (tertiary/aromatic N) is 2. The Kier molecular flexibility index (Phi) is 10.1. The van der Waals surface area contributed by atoms with E-state index in [9.17, 15) is 9.90 Å². The molecule has 2 N–H and O–H groups in total. The number of hydrogen-bond donors (Lipinski definition) is 2. The van der Waals surface area contributed by atoms with Gasteiger partial charge in [0.2, 0.25) is 5.91 Å². The molecule has 2 aromatic rings. The Morgan fingerprint density at radius 1 is 1.03 bits per heavy atom. The van der Waals surface area contributed by atoms with Crippen molar-refractivity contribution in [1.29, 1.82) is 0 Å². The molecule has 174 valence electrons. The van der Waals surface area contributed by atoms with Gasteiger partial charge in [0.05, 0.1) is 12.6 Å². The number of benzene rings is 2. The Balaban J connectivity index is 1.32. The van der Waals surface area contributed by atoms with Gasteiger partial charge in [0.25, 0.3) is 0 Å². The fourth-order valence-electron chi connectivity index (χ4n) is 3.85. The highest BCUT2D eigenvalue weighted by Gasteiger charge is 2.21. The van der Waals surface area contributed by atoms with Gasteiger partial charge in [-0.2, -0.15) is 0 Å². The third-order valence-electron chi connectivity index (χ3n) is 5.82. The monoisotopic (exact) mass is 455 g/mol. The summed E-state index contributed by atoms with van der Waals surface area (Å²) in [5.41, 5.74) is 3.44. The van der Waals surface area contributed by atoms with Crippen LogP contribution >= 0.6 is 11.8 Å². The van der Waals surface area contributed by atoms with Crippen LogP contribution in [0, 0.1) is 6.92 Å². The van der Waals surface area contributed by atoms with Crippen molar-refractivity contribution in [3.63, 3.8) is 0 Å². The second-order valence-electron chi connectivity index (χ2n) is 8.70. The van der Waals surface area contributed by atoms with Crippen molar-refractivity contribution < 1.29 is 9.90 Å². The van der Waals surface area contributed by atoms with Crippen LogP contribution in [0.1, 0.15) is 30.9 Å². The number of hydrogen-bond acceptors (Lipinski definition) is 5. The number of piperazine rings is 1. The van der Waals surface area contributed by atoms with E-state index in [2.05, 4.69) is 65.4 Å².